The molecule has 2 aromatic rings. The minimum absolute atomic E-state index is 0.0580. The summed E-state index contributed by atoms with van der Waals surface area (Å²) in [6.45, 7) is 2.56. The van der Waals surface area contributed by atoms with Crippen LogP contribution in [0.4, 0.5) is 5.82 Å². The molecule has 3 N–H and O–H groups in total. The van der Waals surface area contributed by atoms with Gasteiger partial charge in [-0.3, -0.25) is 9.69 Å². The zero-order valence-corrected chi connectivity index (χ0v) is 11.2. The molecule has 0 radical (unpaired) electrons. The zero-order chi connectivity index (χ0) is 13.2. The summed E-state index contributed by atoms with van der Waals surface area (Å²) in [4.78, 5) is 23.3. The third-order valence-electron chi connectivity index (χ3n) is 3.11. The molecule has 3 heterocycles. The lowest BCUT2D eigenvalue weighted by Crippen LogP contribution is -2.33. The fraction of sp³-hybridized carbons (Fsp3) is 0.417. The molecule has 1 aliphatic rings. The quantitative estimate of drug-likeness (QED) is 0.839. The molecule has 0 saturated carbocycles. The van der Waals surface area contributed by atoms with Crippen molar-refractivity contribution < 1.29 is 4.79 Å². The first-order valence-corrected chi connectivity index (χ1v) is 7.09. The van der Waals surface area contributed by atoms with Crippen LogP contribution in [0.5, 0.6) is 0 Å². The molecule has 1 fully saturated rings. The van der Waals surface area contributed by atoms with Gasteiger partial charge in [0, 0.05) is 13.1 Å². The summed E-state index contributed by atoms with van der Waals surface area (Å²) in [5.41, 5.74) is 5.92. The molecule has 19 heavy (non-hydrogen) atoms. The Balaban J connectivity index is 1.82. The number of amides is 1. The van der Waals surface area contributed by atoms with Crippen LogP contribution in [0.3, 0.4) is 0 Å². The number of thiophene rings is 1. The number of carbonyl (C=O) groups is 1. The van der Waals surface area contributed by atoms with E-state index in [1.54, 1.807) is 11.3 Å². The van der Waals surface area contributed by atoms with Crippen LogP contribution in [0, 0.1) is 0 Å². The number of nitrogen functional groups attached to an aromatic ring is 1. The van der Waals surface area contributed by atoms with Crippen LogP contribution in [0.1, 0.15) is 12.2 Å². The van der Waals surface area contributed by atoms with Gasteiger partial charge < -0.3 is 11.1 Å². The standard InChI is InChI=1S/C12H15N5OS/c13-11-8-2-5-19-12(8)16-9(15-11)6-17-4-1-3-14-10(18)7-17/h2,5H,1,3-4,6-7H2,(H,14,18)(H2,13,15,16). The molecule has 100 valence electrons. The van der Waals surface area contributed by atoms with Gasteiger partial charge in [-0.1, -0.05) is 0 Å². The molecule has 7 heteroatoms. The summed E-state index contributed by atoms with van der Waals surface area (Å²) in [6.07, 6.45) is 0.947. The Morgan fingerprint density at radius 1 is 1.47 bits per heavy atom. The molecule has 2 aromatic heterocycles. The molecular weight excluding hydrogens is 262 g/mol. The number of hydrogen-bond acceptors (Lipinski definition) is 6. The van der Waals surface area contributed by atoms with E-state index in [1.807, 2.05) is 11.4 Å². The van der Waals surface area contributed by atoms with E-state index in [4.69, 9.17) is 5.73 Å². The second-order valence-electron chi connectivity index (χ2n) is 4.58. The number of nitrogens with zero attached hydrogens (tertiary/aromatic N) is 3. The number of hydrogen-bond donors (Lipinski definition) is 2. The van der Waals surface area contributed by atoms with E-state index >= 15 is 0 Å². The van der Waals surface area contributed by atoms with Crippen LogP contribution in [0.25, 0.3) is 10.2 Å². The van der Waals surface area contributed by atoms with Gasteiger partial charge in [0.1, 0.15) is 16.5 Å². The second-order valence-corrected chi connectivity index (χ2v) is 5.47. The van der Waals surface area contributed by atoms with Gasteiger partial charge >= 0.3 is 0 Å². The average molecular weight is 277 g/mol. The highest BCUT2D eigenvalue weighted by Gasteiger charge is 2.16. The molecule has 0 spiro atoms. The highest BCUT2D eigenvalue weighted by Crippen LogP contribution is 2.23. The Hall–Kier alpha value is -1.73. The number of fused-ring (bicyclic) bond motifs is 1. The maximum absolute atomic E-state index is 11.5. The van der Waals surface area contributed by atoms with E-state index in [9.17, 15) is 4.79 Å². The Morgan fingerprint density at radius 3 is 3.26 bits per heavy atom. The van der Waals surface area contributed by atoms with Crippen LogP contribution < -0.4 is 11.1 Å². The molecule has 0 unspecified atom stereocenters. The van der Waals surface area contributed by atoms with E-state index in [2.05, 4.69) is 20.2 Å². The molecule has 1 amide bonds. The van der Waals surface area contributed by atoms with Crippen LogP contribution in [-0.2, 0) is 11.3 Å². The Bertz CT molecular complexity index is 611. The summed E-state index contributed by atoms with van der Waals surface area (Å²) in [7, 11) is 0. The first-order chi connectivity index (χ1) is 9.22. The van der Waals surface area contributed by atoms with Crippen molar-refractivity contribution in [2.45, 2.75) is 13.0 Å². The normalized spacial score (nSPS) is 17.4. The number of anilines is 1. The van der Waals surface area contributed by atoms with Crippen LogP contribution in [0.2, 0.25) is 0 Å². The Kier molecular flexibility index (Phi) is 3.31. The number of rotatable bonds is 2. The van der Waals surface area contributed by atoms with Gasteiger partial charge in [0.05, 0.1) is 18.5 Å². The third kappa shape index (κ3) is 2.66. The summed E-state index contributed by atoms with van der Waals surface area (Å²) in [6, 6.07) is 1.93. The van der Waals surface area contributed by atoms with Crippen molar-refractivity contribution in [3.63, 3.8) is 0 Å². The van der Waals surface area contributed by atoms with Crippen LogP contribution in [0.15, 0.2) is 11.4 Å². The molecule has 0 atom stereocenters. The first-order valence-electron chi connectivity index (χ1n) is 6.21. The fourth-order valence-electron chi connectivity index (χ4n) is 2.20. The number of nitrogens with two attached hydrogens (primary N) is 1. The van der Waals surface area contributed by atoms with Gasteiger partial charge in [-0.2, -0.15) is 0 Å². The second kappa shape index (κ2) is 5.10. The monoisotopic (exact) mass is 277 g/mol. The molecule has 1 aliphatic heterocycles. The summed E-state index contributed by atoms with van der Waals surface area (Å²) in [5, 5.41) is 5.72. The van der Waals surface area contributed by atoms with Crippen molar-refractivity contribution in [3.05, 3.63) is 17.3 Å². The lowest BCUT2D eigenvalue weighted by atomic mass is 10.3. The molecule has 1 saturated heterocycles. The van der Waals surface area contributed by atoms with Gasteiger partial charge in [0.25, 0.3) is 0 Å². The lowest BCUT2D eigenvalue weighted by molar-refractivity contribution is -0.121. The minimum atomic E-state index is 0.0580. The van der Waals surface area contributed by atoms with Crippen molar-refractivity contribution in [1.82, 2.24) is 20.2 Å². The van der Waals surface area contributed by atoms with E-state index in [1.165, 1.54) is 0 Å². The summed E-state index contributed by atoms with van der Waals surface area (Å²) >= 11 is 1.55. The smallest absolute Gasteiger partial charge is 0.234 e. The fourth-order valence-corrected chi connectivity index (χ4v) is 2.99. The number of carbonyl (C=O) groups excluding carboxylic acids is 1. The van der Waals surface area contributed by atoms with Crippen molar-refractivity contribution in [1.29, 1.82) is 0 Å². The predicted octanol–water partition coefficient (Wildman–Crippen LogP) is 0.595. The van der Waals surface area contributed by atoms with E-state index in [-0.39, 0.29) is 5.91 Å². The maximum Gasteiger partial charge on any atom is 0.234 e. The van der Waals surface area contributed by atoms with E-state index in [0.717, 1.165) is 29.7 Å². The summed E-state index contributed by atoms with van der Waals surface area (Å²) < 4.78 is 0. The van der Waals surface area contributed by atoms with E-state index in [0.29, 0.717) is 24.7 Å². The Morgan fingerprint density at radius 2 is 2.37 bits per heavy atom. The molecule has 0 aliphatic carbocycles. The van der Waals surface area contributed by atoms with Crippen molar-refractivity contribution in [2.24, 2.45) is 0 Å². The largest absolute Gasteiger partial charge is 0.383 e. The highest BCUT2D eigenvalue weighted by molar-refractivity contribution is 7.16. The van der Waals surface area contributed by atoms with E-state index < -0.39 is 0 Å². The third-order valence-corrected chi connectivity index (χ3v) is 3.91. The summed E-state index contributed by atoms with van der Waals surface area (Å²) in [5.74, 6) is 1.25. The van der Waals surface area contributed by atoms with Gasteiger partial charge in [-0.25, -0.2) is 9.97 Å². The molecular formula is C12H15N5OS. The lowest BCUT2D eigenvalue weighted by Gasteiger charge is -2.17. The Labute approximate surface area is 114 Å². The topological polar surface area (TPSA) is 84.1 Å². The average Bonchev–Trinajstić information content (AvgIpc) is 2.74. The first kappa shape index (κ1) is 12.3. The maximum atomic E-state index is 11.5. The zero-order valence-electron chi connectivity index (χ0n) is 10.4. The van der Waals surface area contributed by atoms with Gasteiger partial charge in [-0.05, 0) is 17.9 Å². The molecule has 3 rings (SSSR count). The van der Waals surface area contributed by atoms with Gasteiger partial charge in [0.2, 0.25) is 5.91 Å². The number of aromatic nitrogens is 2. The minimum Gasteiger partial charge on any atom is -0.383 e. The van der Waals surface area contributed by atoms with Crippen LogP contribution in [-0.4, -0.2) is 40.4 Å². The van der Waals surface area contributed by atoms with Gasteiger partial charge in [0.15, 0.2) is 0 Å². The number of nitrogens with one attached hydrogen (secondary N) is 1. The van der Waals surface area contributed by atoms with Crippen molar-refractivity contribution in [3.8, 4) is 0 Å². The SMILES string of the molecule is Nc1nc(CN2CCCNC(=O)C2)nc2sccc12. The van der Waals surface area contributed by atoms with Gasteiger partial charge in [-0.15, -0.1) is 11.3 Å². The van der Waals surface area contributed by atoms with Crippen molar-refractivity contribution in [2.75, 3.05) is 25.4 Å². The van der Waals surface area contributed by atoms with Crippen molar-refractivity contribution >= 4 is 33.3 Å². The molecule has 0 bridgehead atoms. The predicted molar refractivity (Wildman–Crippen MR) is 74.7 cm³/mol. The molecule has 6 nitrogen and oxygen atoms in total. The highest BCUT2D eigenvalue weighted by atomic mass is 32.1. The van der Waals surface area contributed by atoms with Crippen LogP contribution >= 0.6 is 11.3 Å². The molecule has 0 aromatic carbocycles.